The molecule has 0 aliphatic rings. The average molecular weight is 283 g/mol. The van der Waals surface area contributed by atoms with Gasteiger partial charge in [0.25, 0.3) is 0 Å². The van der Waals surface area contributed by atoms with Crippen molar-refractivity contribution in [2.24, 2.45) is 0 Å². The minimum Gasteiger partial charge on any atom is -0.478 e. The Balaban J connectivity index is 2.74. The normalized spacial score (nSPS) is 12.6. The molecule has 0 saturated heterocycles. The highest BCUT2D eigenvalue weighted by Gasteiger charge is 2.14. The summed E-state index contributed by atoms with van der Waals surface area (Å²) in [5, 5.41) is 0.934. The number of benzene rings is 1. The summed E-state index contributed by atoms with van der Waals surface area (Å²) >= 11 is 0. The van der Waals surface area contributed by atoms with Gasteiger partial charge in [-0.3, -0.25) is 4.79 Å². The summed E-state index contributed by atoms with van der Waals surface area (Å²) in [6, 6.07) is 7.09. The van der Waals surface area contributed by atoms with E-state index in [0.29, 0.717) is 11.3 Å². The molecule has 0 fully saturated rings. The Morgan fingerprint density at radius 2 is 2.06 bits per heavy atom. The second kappa shape index (κ2) is 5.79. The molecule has 0 spiro atoms. The van der Waals surface area contributed by atoms with Crippen LogP contribution in [0.15, 0.2) is 29.1 Å². The molecule has 1 heterocycles. The second-order valence-electron chi connectivity index (χ2n) is 3.92. The van der Waals surface area contributed by atoms with E-state index in [4.69, 9.17) is 9.05 Å². The Bertz CT molecular complexity index is 608. The lowest BCUT2D eigenvalue weighted by molar-refractivity contribution is 0.242. The van der Waals surface area contributed by atoms with Gasteiger partial charge in [-0.15, -0.1) is 0 Å². The quantitative estimate of drug-likeness (QED) is 0.878. The molecule has 18 heavy (non-hydrogen) atoms. The summed E-state index contributed by atoms with van der Waals surface area (Å²) in [7, 11) is 4.48. The molecule has 96 valence electrons. The van der Waals surface area contributed by atoms with Crippen molar-refractivity contribution in [3.8, 4) is 5.75 Å². The molecule has 3 unspecified atom stereocenters. The number of nitrogens with one attached hydrogen (secondary N) is 1. The molecular weight excluding hydrogens is 268 g/mol. The van der Waals surface area contributed by atoms with E-state index in [1.54, 1.807) is 6.07 Å². The van der Waals surface area contributed by atoms with Gasteiger partial charge in [0, 0.05) is 20.9 Å². The fourth-order valence-electron chi connectivity index (χ4n) is 2.02. The summed E-state index contributed by atoms with van der Waals surface area (Å²) in [6.07, 6.45) is 0.820. The van der Waals surface area contributed by atoms with Crippen LogP contribution < -0.4 is 10.1 Å². The monoisotopic (exact) mass is 283 g/mol. The number of hydrogen-bond acceptors (Lipinski definition) is 3. The van der Waals surface area contributed by atoms with Crippen molar-refractivity contribution in [3.63, 3.8) is 0 Å². The minimum atomic E-state index is -0.150. The van der Waals surface area contributed by atoms with Gasteiger partial charge in [0.2, 0.25) is 5.56 Å². The predicted octanol–water partition coefficient (Wildman–Crippen LogP) is 2.95. The maximum atomic E-state index is 11.4. The fraction of sp³-hybridized carbons (Fsp3) is 0.250. The van der Waals surface area contributed by atoms with Gasteiger partial charge in [0.1, 0.15) is 5.75 Å². The SMILES string of the molecule is CCC(OP)c1ccc(OP)c2[nH]c(=O)ccc12. The highest BCUT2D eigenvalue weighted by atomic mass is 31.0. The third-order valence-corrected chi connectivity index (χ3v) is 3.48. The molecule has 6 heteroatoms. The van der Waals surface area contributed by atoms with Gasteiger partial charge in [-0.05, 0) is 24.1 Å². The third kappa shape index (κ3) is 2.42. The van der Waals surface area contributed by atoms with Gasteiger partial charge in [-0.2, -0.15) is 0 Å². The standard InChI is InChI=1S/C12H15NO3P2/c1-2-9(15-17)7-3-5-10(16-18)12-8(7)4-6-11(14)13-12/h3-6,9H,2,17-18H2,1H3,(H,13,14). The second-order valence-corrected chi connectivity index (χ2v) is 4.42. The van der Waals surface area contributed by atoms with E-state index in [0.717, 1.165) is 17.4 Å². The highest BCUT2D eigenvalue weighted by molar-refractivity contribution is 7.10. The van der Waals surface area contributed by atoms with Crippen molar-refractivity contribution in [1.82, 2.24) is 4.98 Å². The molecule has 0 aliphatic heterocycles. The lowest BCUT2D eigenvalue weighted by Crippen LogP contribution is -2.06. The zero-order chi connectivity index (χ0) is 13.1. The van der Waals surface area contributed by atoms with Crippen LogP contribution >= 0.6 is 18.9 Å². The molecule has 0 radical (unpaired) electrons. The number of pyridine rings is 1. The van der Waals surface area contributed by atoms with E-state index >= 15 is 0 Å². The van der Waals surface area contributed by atoms with Crippen LogP contribution in [0.25, 0.3) is 10.9 Å². The Morgan fingerprint density at radius 3 is 2.67 bits per heavy atom. The van der Waals surface area contributed by atoms with Crippen LogP contribution in [0.3, 0.4) is 0 Å². The fourth-order valence-corrected chi connectivity index (χ4v) is 2.55. The Morgan fingerprint density at radius 1 is 1.28 bits per heavy atom. The topological polar surface area (TPSA) is 51.3 Å². The first-order chi connectivity index (χ1) is 8.71. The molecule has 3 atom stereocenters. The zero-order valence-electron chi connectivity index (χ0n) is 9.97. The number of hydrogen-bond donors (Lipinski definition) is 1. The summed E-state index contributed by atoms with van der Waals surface area (Å²) in [5.74, 6) is 0.620. The molecule has 0 bridgehead atoms. The van der Waals surface area contributed by atoms with Crippen LogP contribution in [0, 0.1) is 0 Å². The molecule has 2 rings (SSSR count). The van der Waals surface area contributed by atoms with Crippen molar-refractivity contribution in [2.75, 3.05) is 0 Å². The summed E-state index contributed by atoms with van der Waals surface area (Å²) in [4.78, 5) is 14.2. The Labute approximate surface area is 110 Å². The molecular formula is C12H15NO3P2. The van der Waals surface area contributed by atoms with E-state index in [1.807, 2.05) is 19.1 Å². The number of aromatic amines is 1. The van der Waals surface area contributed by atoms with Gasteiger partial charge in [-0.25, -0.2) is 0 Å². The van der Waals surface area contributed by atoms with E-state index in [-0.39, 0.29) is 11.7 Å². The van der Waals surface area contributed by atoms with Crippen LogP contribution in [-0.4, -0.2) is 4.98 Å². The van der Waals surface area contributed by atoms with Crippen LogP contribution in [0.4, 0.5) is 0 Å². The lowest BCUT2D eigenvalue weighted by atomic mass is 10.0. The maximum absolute atomic E-state index is 11.4. The van der Waals surface area contributed by atoms with E-state index < -0.39 is 0 Å². The molecule has 1 aromatic heterocycles. The Hall–Kier alpha value is -0.950. The van der Waals surface area contributed by atoms with Crippen LogP contribution in [0.1, 0.15) is 25.0 Å². The highest BCUT2D eigenvalue weighted by Crippen LogP contribution is 2.33. The third-order valence-electron chi connectivity index (χ3n) is 2.90. The van der Waals surface area contributed by atoms with Crippen LogP contribution in [-0.2, 0) is 4.52 Å². The van der Waals surface area contributed by atoms with E-state index in [9.17, 15) is 4.79 Å². The molecule has 0 saturated carbocycles. The molecule has 2 aromatic rings. The number of aromatic nitrogens is 1. The van der Waals surface area contributed by atoms with Gasteiger partial charge >= 0.3 is 0 Å². The van der Waals surface area contributed by atoms with Crippen molar-refractivity contribution < 1.29 is 9.05 Å². The first-order valence-corrected chi connectivity index (χ1v) is 6.53. The first-order valence-electron chi connectivity index (χ1n) is 5.59. The predicted molar refractivity (Wildman–Crippen MR) is 78.7 cm³/mol. The number of H-pyrrole nitrogens is 1. The minimum absolute atomic E-state index is 0.0260. The van der Waals surface area contributed by atoms with Crippen molar-refractivity contribution in [3.05, 3.63) is 40.2 Å². The Kier molecular flexibility index (Phi) is 4.34. The maximum Gasteiger partial charge on any atom is 0.248 e. The van der Waals surface area contributed by atoms with Crippen molar-refractivity contribution >= 4 is 29.8 Å². The molecule has 0 aliphatic carbocycles. The van der Waals surface area contributed by atoms with Crippen LogP contribution in [0.5, 0.6) is 5.75 Å². The van der Waals surface area contributed by atoms with E-state index in [2.05, 4.69) is 23.9 Å². The van der Waals surface area contributed by atoms with E-state index in [1.165, 1.54) is 6.07 Å². The van der Waals surface area contributed by atoms with Crippen molar-refractivity contribution in [2.45, 2.75) is 19.4 Å². The number of rotatable bonds is 4. The smallest absolute Gasteiger partial charge is 0.248 e. The summed E-state index contributed by atoms with van der Waals surface area (Å²) < 4.78 is 10.6. The average Bonchev–Trinajstić information content (AvgIpc) is 2.39. The van der Waals surface area contributed by atoms with Gasteiger partial charge in [0.15, 0.2) is 0 Å². The molecule has 0 amide bonds. The molecule has 4 nitrogen and oxygen atoms in total. The van der Waals surface area contributed by atoms with Crippen molar-refractivity contribution in [1.29, 1.82) is 0 Å². The zero-order valence-corrected chi connectivity index (χ0v) is 12.3. The van der Waals surface area contributed by atoms with Gasteiger partial charge in [0.05, 0.1) is 21.1 Å². The first kappa shape index (κ1) is 13.5. The van der Waals surface area contributed by atoms with Gasteiger partial charge < -0.3 is 14.0 Å². The number of fused-ring (bicyclic) bond motifs is 1. The molecule has 1 aromatic carbocycles. The lowest BCUT2D eigenvalue weighted by Gasteiger charge is -2.16. The molecule has 1 N–H and O–H groups in total. The van der Waals surface area contributed by atoms with Gasteiger partial charge in [-0.1, -0.05) is 13.0 Å². The summed E-state index contributed by atoms with van der Waals surface area (Å²) in [6.45, 7) is 2.05. The van der Waals surface area contributed by atoms with Crippen LogP contribution in [0.2, 0.25) is 0 Å². The summed E-state index contributed by atoms with van der Waals surface area (Å²) in [5.41, 5.74) is 1.57. The largest absolute Gasteiger partial charge is 0.478 e.